The summed E-state index contributed by atoms with van der Waals surface area (Å²) in [4.78, 5) is 0. The lowest BCUT2D eigenvalue weighted by molar-refractivity contribution is -0.0717. The predicted molar refractivity (Wildman–Crippen MR) is 85.7 cm³/mol. The van der Waals surface area contributed by atoms with Crippen LogP contribution in [-0.2, 0) is 4.74 Å². The Bertz CT molecular complexity index is 335. The van der Waals surface area contributed by atoms with Crippen LogP contribution in [0.15, 0.2) is 11.6 Å². The highest BCUT2D eigenvalue weighted by atomic mass is 16.5. The quantitative estimate of drug-likeness (QED) is 0.767. The molecule has 2 rings (SSSR count). The molecule has 0 bridgehead atoms. The maximum absolute atomic E-state index is 6.68. The monoisotopic (exact) mass is 279 g/mol. The van der Waals surface area contributed by atoms with Gasteiger partial charge in [0.1, 0.15) is 0 Å². The molecule has 1 fully saturated rings. The van der Waals surface area contributed by atoms with E-state index < -0.39 is 0 Å². The summed E-state index contributed by atoms with van der Waals surface area (Å²) in [6.45, 7) is 4.74. The molecule has 1 atom stereocenters. The van der Waals surface area contributed by atoms with Crippen LogP contribution in [0.4, 0.5) is 0 Å². The molecule has 2 N–H and O–H groups in total. The van der Waals surface area contributed by atoms with Gasteiger partial charge in [0.05, 0.1) is 11.6 Å². The highest BCUT2D eigenvalue weighted by molar-refractivity contribution is 5.18. The molecule has 116 valence electrons. The fourth-order valence-electron chi connectivity index (χ4n) is 3.83. The first-order valence-electron chi connectivity index (χ1n) is 8.49. The zero-order valence-corrected chi connectivity index (χ0v) is 13.7. The van der Waals surface area contributed by atoms with E-state index in [1.165, 1.54) is 56.9 Å². The Hall–Kier alpha value is -0.340. The van der Waals surface area contributed by atoms with E-state index in [1.807, 2.05) is 7.11 Å². The molecular weight excluding hydrogens is 246 g/mol. The van der Waals surface area contributed by atoms with Gasteiger partial charge in [0.25, 0.3) is 0 Å². The number of rotatable bonds is 3. The minimum Gasteiger partial charge on any atom is -0.376 e. The summed E-state index contributed by atoms with van der Waals surface area (Å²) in [6, 6.07) is 0.0988. The first-order chi connectivity index (χ1) is 9.49. The van der Waals surface area contributed by atoms with Crippen LogP contribution in [0.3, 0.4) is 0 Å². The minimum atomic E-state index is -0.111. The van der Waals surface area contributed by atoms with Gasteiger partial charge in [-0.15, -0.1) is 0 Å². The van der Waals surface area contributed by atoms with Crippen LogP contribution < -0.4 is 5.73 Å². The average molecular weight is 279 g/mol. The van der Waals surface area contributed by atoms with E-state index in [-0.39, 0.29) is 11.6 Å². The van der Waals surface area contributed by atoms with E-state index in [9.17, 15) is 0 Å². The molecule has 0 amide bonds. The molecule has 0 saturated heterocycles. The van der Waals surface area contributed by atoms with Crippen LogP contribution >= 0.6 is 0 Å². The maximum Gasteiger partial charge on any atom is 0.0867 e. The first kappa shape index (κ1) is 16.0. The van der Waals surface area contributed by atoms with Gasteiger partial charge in [-0.3, -0.25) is 0 Å². The Morgan fingerprint density at radius 3 is 2.35 bits per heavy atom. The number of hydrogen-bond acceptors (Lipinski definition) is 2. The summed E-state index contributed by atoms with van der Waals surface area (Å²) in [5, 5.41) is 0. The topological polar surface area (TPSA) is 35.2 Å². The third-order valence-corrected chi connectivity index (χ3v) is 5.65. The van der Waals surface area contributed by atoms with Crippen LogP contribution in [0, 0.1) is 5.41 Å². The number of hydrogen-bond donors (Lipinski definition) is 1. The van der Waals surface area contributed by atoms with Gasteiger partial charge in [-0.25, -0.2) is 0 Å². The largest absolute Gasteiger partial charge is 0.376 e. The fourth-order valence-corrected chi connectivity index (χ4v) is 3.83. The summed E-state index contributed by atoms with van der Waals surface area (Å²) in [6.07, 6.45) is 14.8. The second kappa shape index (κ2) is 6.62. The van der Waals surface area contributed by atoms with Crippen LogP contribution in [-0.4, -0.2) is 18.8 Å². The Morgan fingerprint density at radius 2 is 1.70 bits per heavy atom. The van der Waals surface area contributed by atoms with Gasteiger partial charge in [-0.05, 0) is 56.8 Å². The smallest absolute Gasteiger partial charge is 0.0867 e. The minimum absolute atomic E-state index is 0.0988. The number of nitrogens with two attached hydrogens (primary N) is 1. The second-order valence-electron chi connectivity index (χ2n) is 7.64. The van der Waals surface area contributed by atoms with E-state index in [1.54, 1.807) is 0 Å². The highest BCUT2D eigenvalue weighted by Crippen LogP contribution is 2.44. The standard InChI is InChI=1S/C18H33NO/c1-17(2)11-13-18(20-3,14-12-17)16(19)15-9-7-5-4-6-8-10-15/h9,16H,4-8,10-14,19H2,1-3H3. The van der Waals surface area contributed by atoms with Crippen molar-refractivity contribution in [2.24, 2.45) is 11.1 Å². The van der Waals surface area contributed by atoms with E-state index in [4.69, 9.17) is 10.5 Å². The Balaban J connectivity index is 2.10. The van der Waals surface area contributed by atoms with Crippen LogP contribution in [0.25, 0.3) is 0 Å². The number of ether oxygens (including phenoxy) is 1. The number of methoxy groups -OCH3 is 1. The average Bonchev–Trinajstić information content (AvgIpc) is 2.38. The van der Waals surface area contributed by atoms with E-state index in [0.717, 1.165) is 12.8 Å². The molecule has 0 heterocycles. The van der Waals surface area contributed by atoms with E-state index in [0.29, 0.717) is 5.41 Å². The van der Waals surface area contributed by atoms with Gasteiger partial charge in [0.15, 0.2) is 0 Å². The van der Waals surface area contributed by atoms with Crippen molar-refractivity contribution in [1.82, 2.24) is 0 Å². The van der Waals surface area contributed by atoms with Crippen molar-refractivity contribution in [3.8, 4) is 0 Å². The Labute approximate surface area is 125 Å². The molecule has 2 heteroatoms. The molecule has 0 aromatic carbocycles. The van der Waals surface area contributed by atoms with E-state index in [2.05, 4.69) is 19.9 Å². The van der Waals surface area contributed by atoms with Crippen molar-refractivity contribution < 1.29 is 4.74 Å². The maximum atomic E-state index is 6.68. The summed E-state index contributed by atoms with van der Waals surface area (Å²) in [5.74, 6) is 0. The Kier molecular flexibility index (Phi) is 5.30. The van der Waals surface area contributed by atoms with Crippen LogP contribution in [0.1, 0.15) is 78.1 Å². The summed E-state index contributed by atoms with van der Waals surface area (Å²) in [7, 11) is 1.86. The zero-order valence-electron chi connectivity index (χ0n) is 13.7. The molecule has 1 saturated carbocycles. The molecule has 0 aliphatic heterocycles. The van der Waals surface area contributed by atoms with Gasteiger partial charge < -0.3 is 10.5 Å². The van der Waals surface area contributed by atoms with Gasteiger partial charge in [-0.1, -0.05) is 38.3 Å². The van der Waals surface area contributed by atoms with Crippen molar-refractivity contribution in [3.63, 3.8) is 0 Å². The van der Waals surface area contributed by atoms with Crippen LogP contribution in [0.2, 0.25) is 0 Å². The molecule has 0 spiro atoms. The summed E-state index contributed by atoms with van der Waals surface area (Å²) >= 11 is 0. The fraction of sp³-hybridized carbons (Fsp3) is 0.889. The highest BCUT2D eigenvalue weighted by Gasteiger charge is 2.43. The molecule has 2 aliphatic rings. The molecule has 0 radical (unpaired) electrons. The van der Waals surface area contributed by atoms with Crippen molar-refractivity contribution in [2.45, 2.75) is 89.7 Å². The lowest BCUT2D eigenvalue weighted by Crippen LogP contribution is -2.53. The van der Waals surface area contributed by atoms with Gasteiger partial charge >= 0.3 is 0 Å². The van der Waals surface area contributed by atoms with Crippen molar-refractivity contribution in [2.75, 3.05) is 7.11 Å². The van der Waals surface area contributed by atoms with Crippen molar-refractivity contribution >= 4 is 0 Å². The lowest BCUT2D eigenvalue weighted by atomic mass is 9.67. The summed E-state index contributed by atoms with van der Waals surface area (Å²) < 4.78 is 5.99. The second-order valence-corrected chi connectivity index (χ2v) is 7.64. The molecule has 0 aromatic rings. The van der Waals surface area contributed by atoms with Crippen LogP contribution in [0.5, 0.6) is 0 Å². The van der Waals surface area contributed by atoms with E-state index >= 15 is 0 Å². The molecular formula is C18H33NO. The summed E-state index contributed by atoms with van der Waals surface area (Å²) in [5.41, 5.74) is 8.49. The van der Waals surface area contributed by atoms with Crippen molar-refractivity contribution in [3.05, 3.63) is 11.6 Å². The third kappa shape index (κ3) is 3.65. The predicted octanol–water partition coefficient (Wildman–Crippen LogP) is 4.58. The third-order valence-electron chi connectivity index (χ3n) is 5.65. The molecule has 2 nitrogen and oxygen atoms in total. The number of allylic oxidation sites excluding steroid dienone is 1. The van der Waals surface area contributed by atoms with Gasteiger partial charge in [0.2, 0.25) is 0 Å². The molecule has 0 aromatic heterocycles. The molecule has 2 aliphatic carbocycles. The SMILES string of the molecule is COC1(C(N)C2=CCCCCCC2)CCC(C)(C)CC1. The van der Waals surface area contributed by atoms with Gasteiger partial charge in [-0.2, -0.15) is 0 Å². The molecule has 20 heavy (non-hydrogen) atoms. The Morgan fingerprint density at radius 1 is 1.05 bits per heavy atom. The lowest BCUT2D eigenvalue weighted by Gasteiger charge is -2.46. The molecule has 1 unspecified atom stereocenters. The normalized spacial score (nSPS) is 28.1. The van der Waals surface area contributed by atoms with Gasteiger partial charge in [0, 0.05) is 7.11 Å². The zero-order chi connectivity index (χ0) is 14.6. The van der Waals surface area contributed by atoms with Crippen molar-refractivity contribution in [1.29, 1.82) is 0 Å². The first-order valence-corrected chi connectivity index (χ1v) is 8.49.